The molecule has 4 nitrogen and oxygen atoms in total. The SMILES string of the molecule is O.O=C(O)O.[Cr]. The minimum Gasteiger partial charge on any atom is -0.450 e. The minimum atomic E-state index is -1.83. The van der Waals surface area contributed by atoms with E-state index >= 15 is 0 Å². The fraction of sp³-hybridized carbons (Fsp3) is 0. The molecular formula is CH4CrO4. The van der Waals surface area contributed by atoms with Gasteiger partial charge >= 0.3 is 6.16 Å². The first-order valence-electron chi connectivity index (χ1n) is 0.651. The van der Waals surface area contributed by atoms with Crippen LogP contribution in [0.3, 0.4) is 0 Å². The fourth-order valence-corrected chi connectivity index (χ4v) is 0. The van der Waals surface area contributed by atoms with Crippen LogP contribution in [-0.4, -0.2) is 21.8 Å². The van der Waals surface area contributed by atoms with Gasteiger partial charge in [0.05, 0.1) is 0 Å². The van der Waals surface area contributed by atoms with E-state index in [2.05, 4.69) is 0 Å². The van der Waals surface area contributed by atoms with E-state index in [0.717, 1.165) is 0 Å². The Hall–Kier alpha value is -0.238. The Bertz CT molecular complexity index is 30.5. The molecule has 0 aromatic heterocycles. The molecule has 0 rings (SSSR count). The van der Waals surface area contributed by atoms with E-state index in [0.29, 0.717) is 0 Å². The van der Waals surface area contributed by atoms with Gasteiger partial charge in [-0.3, -0.25) is 0 Å². The third-order valence-electron chi connectivity index (χ3n) is 0. The number of hydrogen-bond acceptors (Lipinski definition) is 1. The predicted molar refractivity (Wildman–Crippen MR) is 14.3 cm³/mol. The molecule has 0 bridgehead atoms. The van der Waals surface area contributed by atoms with Gasteiger partial charge in [-0.15, -0.1) is 0 Å². The summed E-state index contributed by atoms with van der Waals surface area (Å²) in [5, 5.41) is 13.9. The maximum atomic E-state index is 8.56. The van der Waals surface area contributed by atoms with Crippen LogP contribution in [0.5, 0.6) is 0 Å². The molecule has 38 valence electrons. The number of carboxylic acid groups (broad SMARTS) is 2. The second-order valence-corrected chi connectivity index (χ2v) is 0.283. The van der Waals surface area contributed by atoms with Crippen LogP contribution in [0.15, 0.2) is 0 Å². The van der Waals surface area contributed by atoms with Gasteiger partial charge in [0.2, 0.25) is 0 Å². The van der Waals surface area contributed by atoms with Crippen molar-refractivity contribution in [3.05, 3.63) is 0 Å². The van der Waals surface area contributed by atoms with Gasteiger partial charge in [-0.1, -0.05) is 0 Å². The second kappa shape index (κ2) is 8.83. The summed E-state index contributed by atoms with van der Waals surface area (Å²) in [6.07, 6.45) is -1.83. The number of carbonyl (C=O) groups is 1. The maximum absolute atomic E-state index is 8.56. The van der Waals surface area contributed by atoms with Crippen molar-refractivity contribution in [1.29, 1.82) is 0 Å². The molecule has 4 N–H and O–H groups in total. The molecule has 0 aromatic rings. The van der Waals surface area contributed by atoms with Crippen molar-refractivity contribution < 1.29 is 37.8 Å². The molecule has 0 aliphatic rings. The van der Waals surface area contributed by atoms with Crippen LogP contribution < -0.4 is 0 Å². The van der Waals surface area contributed by atoms with E-state index in [-0.39, 0.29) is 22.8 Å². The fourth-order valence-electron chi connectivity index (χ4n) is 0. The first-order valence-corrected chi connectivity index (χ1v) is 0.651. The normalized spacial score (nSPS) is 4.00. The molecule has 0 spiro atoms. The number of hydrogen-bond donors (Lipinski definition) is 2. The van der Waals surface area contributed by atoms with Gasteiger partial charge in [0.1, 0.15) is 0 Å². The van der Waals surface area contributed by atoms with Gasteiger partial charge in [-0.05, 0) is 0 Å². The van der Waals surface area contributed by atoms with E-state index in [1.807, 2.05) is 0 Å². The third-order valence-corrected chi connectivity index (χ3v) is 0. The Morgan fingerprint density at radius 2 is 1.33 bits per heavy atom. The zero-order valence-corrected chi connectivity index (χ0v) is 3.99. The maximum Gasteiger partial charge on any atom is 0.503 e. The molecule has 6 heavy (non-hydrogen) atoms. The summed E-state index contributed by atoms with van der Waals surface area (Å²) in [5.74, 6) is 0. The molecule has 0 aliphatic carbocycles. The van der Waals surface area contributed by atoms with Crippen LogP contribution in [0.1, 0.15) is 0 Å². The summed E-state index contributed by atoms with van der Waals surface area (Å²) in [6, 6.07) is 0. The van der Waals surface area contributed by atoms with E-state index in [1.54, 1.807) is 0 Å². The van der Waals surface area contributed by atoms with E-state index < -0.39 is 6.16 Å². The largest absolute Gasteiger partial charge is 0.503 e. The average molecular weight is 132 g/mol. The number of rotatable bonds is 0. The first kappa shape index (κ1) is 17.1. The predicted octanol–water partition coefficient (Wildman–Crippen LogP) is -0.605. The topological polar surface area (TPSA) is 89.0 Å². The smallest absolute Gasteiger partial charge is 0.450 e. The van der Waals surface area contributed by atoms with Crippen molar-refractivity contribution in [3.8, 4) is 0 Å². The molecule has 0 amide bonds. The Labute approximate surface area is 44.8 Å². The monoisotopic (exact) mass is 132 g/mol. The zero-order valence-electron chi connectivity index (χ0n) is 2.71. The molecular weight excluding hydrogens is 128 g/mol. The van der Waals surface area contributed by atoms with Crippen molar-refractivity contribution in [2.75, 3.05) is 0 Å². The molecule has 0 radical (unpaired) electrons. The second-order valence-electron chi connectivity index (χ2n) is 0.283. The summed E-state index contributed by atoms with van der Waals surface area (Å²) in [6.45, 7) is 0. The standard InChI is InChI=1S/CH2O3.Cr.H2O/c2-1(3)4;;/h(H2,2,3,4);;1H2. The Kier molecular flexibility index (Phi) is 25.2. The summed E-state index contributed by atoms with van der Waals surface area (Å²) in [7, 11) is 0. The summed E-state index contributed by atoms with van der Waals surface area (Å²) >= 11 is 0. The van der Waals surface area contributed by atoms with E-state index in [9.17, 15) is 0 Å². The molecule has 0 saturated heterocycles. The molecule has 0 atom stereocenters. The average Bonchev–Trinajstić information content (AvgIpc) is 0.811. The van der Waals surface area contributed by atoms with Gasteiger partial charge < -0.3 is 15.7 Å². The van der Waals surface area contributed by atoms with E-state index in [4.69, 9.17) is 15.0 Å². The van der Waals surface area contributed by atoms with Crippen molar-refractivity contribution in [1.82, 2.24) is 0 Å². The molecule has 0 aliphatic heterocycles. The molecule has 0 fully saturated rings. The van der Waals surface area contributed by atoms with Crippen LogP contribution in [0, 0.1) is 0 Å². The molecule has 0 unspecified atom stereocenters. The quantitative estimate of drug-likeness (QED) is 0.461. The molecule has 5 heteroatoms. The Balaban J connectivity index is -0.0000000450. The summed E-state index contributed by atoms with van der Waals surface area (Å²) in [4.78, 5) is 8.56. The van der Waals surface area contributed by atoms with Gasteiger partial charge in [0.25, 0.3) is 0 Å². The van der Waals surface area contributed by atoms with Crippen LogP contribution in [0.25, 0.3) is 0 Å². The van der Waals surface area contributed by atoms with Crippen molar-refractivity contribution >= 4 is 6.16 Å². The summed E-state index contributed by atoms with van der Waals surface area (Å²) in [5.41, 5.74) is 0. The van der Waals surface area contributed by atoms with Crippen LogP contribution in [0.2, 0.25) is 0 Å². The van der Waals surface area contributed by atoms with Crippen LogP contribution >= 0.6 is 0 Å². The first-order chi connectivity index (χ1) is 1.73. The van der Waals surface area contributed by atoms with E-state index in [1.165, 1.54) is 0 Å². The summed E-state index contributed by atoms with van der Waals surface area (Å²) < 4.78 is 0. The molecule has 0 heterocycles. The Morgan fingerprint density at radius 1 is 1.33 bits per heavy atom. The van der Waals surface area contributed by atoms with Gasteiger partial charge in [-0.25, -0.2) is 4.79 Å². The van der Waals surface area contributed by atoms with Crippen LogP contribution in [0.4, 0.5) is 4.79 Å². The Morgan fingerprint density at radius 3 is 1.33 bits per heavy atom. The minimum absolute atomic E-state index is 0. The van der Waals surface area contributed by atoms with Gasteiger partial charge in [0.15, 0.2) is 0 Å². The third kappa shape index (κ3) is 509. The van der Waals surface area contributed by atoms with Gasteiger partial charge in [0, 0.05) is 17.4 Å². The van der Waals surface area contributed by atoms with Crippen molar-refractivity contribution in [3.63, 3.8) is 0 Å². The van der Waals surface area contributed by atoms with Crippen LogP contribution in [-0.2, 0) is 17.4 Å². The van der Waals surface area contributed by atoms with Crippen molar-refractivity contribution in [2.24, 2.45) is 0 Å². The molecule has 0 aromatic carbocycles. The van der Waals surface area contributed by atoms with Gasteiger partial charge in [-0.2, -0.15) is 0 Å². The molecule has 0 saturated carbocycles. The van der Waals surface area contributed by atoms with Crippen molar-refractivity contribution in [2.45, 2.75) is 0 Å². The zero-order chi connectivity index (χ0) is 3.58.